The molecule has 0 aliphatic carbocycles. The van der Waals surface area contributed by atoms with E-state index in [1.165, 1.54) is 35.2 Å². The van der Waals surface area contributed by atoms with Crippen LogP contribution < -0.4 is 5.32 Å². The van der Waals surface area contributed by atoms with Gasteiger partial charge in [-0.15, -0.1) is 0 Å². The van der Waals surface area contributed by atoms with Gasteiger partial charge in [0.1, 0.15) is 0 Å². The fourth-order valence-electron chi connectivity index (χ4n) is 3.60. The highest BCUT2D eigenvalue weighted by atomic mass is 35.5. The average molecular weight is 497 g/mol. The molecular formula is C25H18Cl2N2O5. The number of hydrogen-bond donors (Lipinski definition) is 1. The Morgan fingerprint density at radius 2 is 1.62 bits per heavy atom. The summed E-state index contributed by atoms with van der Waals surface area (Å²) in [6.07, 6.45) is 0. The van der Waals surface area contributed by atoms with E-state index in [0.29, 0.717) is 10.7 Å². The maximum Gasteiger partial charge on any atom is 0.338 e. The van der Waals surface area contributed by atoms with Crippen molar-refractivity contribution in [1.29, 1.82) is 0 Å². The number of hydrogen-bond acceptors (Lipinski definition) is 5. The average Bonchev–Trinajstić information content (AvgIpc) is 3.09. The van der Waals surface area contributed by atoms with Crippen LogP contribution in [0.3, 0.4) is 0 Å². The third-order valence-electron chi connectivity index (χ3n) is 5.36. The molecule has 0 unspecified atom stereocenters. The lowest BCUT2D eigenvalue weighted by atomic mass is 10.1. The maximum absolute atomic E-state index is 13.0. The van der Waals surface area contributed by atoms with Crippen LogP contribution in [0.5, 0.6) is 0 Å². The molecule has 0 radical (unpaired) electrons. The number of benzene rings is 3. The van der Waals surface area contributed by atoms with Crippen molar-refractivity contribution in [2.45, 2.75) is 13.0 Å². The maximum atomic E-state index is 13.0. The highest BCUT2D eigenvalue weighted by Crippen LogP contribution is 2.32. The lowest BCUT2D eigenvalue weighted by Crippen LogP contribution is -2.32. The summed E-state index contributed by atoms with van der Waals surface area (Å²) in [5.41, 5.74) is 1.58. The van der Waals surface area contributed by atoms with E-state index in [0.717, 1.165) is 5.56 Å². The van der Waals surface area contributed by atoms with Crippen LogP contribution in [-0.2, 0) is 9.53 Å². The number of amides is 3. The van der Waals surface area contributed by atoms with Crippen molar-refractivity contribution in [2.75, 3.05) is 11.9 Å². The van der Waals surface area contributed by atoms with Gasteiger partial charge in [0.2, 0.25) is 0 Å². The van der Waals surface area contributed by atoms with Crippen molar-refractivity contribution in [3.05, 3.63) is 99.0 Å². The Morgan fingerprint density at radius 1 is 0.912 bits per heavy atom. The van der Waals surface area contributed by atoms with Gasteiger partial charge in [0.15, 0.2) is 6.61 Å². The molecule has 1 aliphatic rings. The van der Waals surface area contributed by atoms with E-state index in [9.17, 15) is 19.2 Å². The van der Waals surface area contributed by atoms with Crippen LogP contribution in [0.25, 0.3) is 0 Å². The highest BCUT2D eigenvalue weighted by Gasteiger charge is 2.39. The standard InChI is InChI=1S/C25H18Cl2N2O5/c1-14(15-5-3-2-4-6-15)29-23(31)18-9-7-16(11-19(18)24(29)32)25(33)34-13-22(30)28-17-8-10-20(26)21(27)12-17/h2-12,14H,13H2,1H3,(H,28,30)/t14-/m0/s1. The van der Waals surface area contributed by atoms with Crippen molar-refractivity contribution >= 4 is 52.6 Å². The Balaban J connectivity index is 1.43. The lowest BCUT2D eigenvalue weighted by molar-refractivity contribution is -0.119. The van der Waals surface area contributed by atoms with Gasteiger partial charge < -0.3 is 10.1 Å². The second kappa shape index (κ2) is 9.67. The number of carbonyl (C=O) groups excluding carboxylic acids is 4. The molecule has 0 bridgehead atoms. The molecule has 34 heavy (non-hydrogen) atoms. The van der Waals surface area contributed by atoms with Crippen LogP contribution in [-0.4, -0.2) is 35.2 Å². The summed E-state index contributed by atoms with van der Waals surface area (Å²) in [6, 6.07) is 17.4. The molecule has 9 heteroatoms. The predicted octanol–water partition coefficient (Wildman–Crippen LogP) is 5.15. The minimum Gasteiger partial charge on any atom is -0.452 e. The Morgan fingerprint density at radius 3 is 2.32 bits per heavy atom. The minimum atomic E-state index is -0.804. The molecule has 1 aliphatic heterocycles. The summed E-state index contributed by atoms with van der Waals surface area (Å²) in [6.45, 7) is 1.21. The third kappa shape index (κ3) is 4.66. The Labute approximate surface area is 205 Å². The van der Waals surface area contributed by atoms with E-state index in [2.05, 4.69) is 5.32 Å². The summed E-state index contributed by atoms with van der Waals surface area (Å²) >= 11 is 11.8. The van der Waals surface area contributed by atoms with Gasteiger partial charge in [-0.3, -0.25) is 19.3 Å². The molecule has 1 heterocycles. The molecule has 0 saturated heterocycles. The van der Waals surface area contributed by atoms with Gasteiger partial charge >= 0.3 is 5.97 Å². The van der Waals surface area contributed by atoms with Crippen molar-refractivity contribution < 1.29 is 23.9 Å². The molecule has 172 valence electrons. The van der Waals surface area contributed by atoms with Crippen LogP contribution in [0.1, 0.15) is 49.6 Å². The van der Waals surface area contributed by atoms with Crippen molar-refractivity contribution in [3.63, 3.8) is 0 Å². The number of anilines is 1. The Kier molecular flexibility index (Phi) is 6.68. The fourth-order valence-corrected chi connectivity index (χ4v) is 3.90. The van der Waals surface area contributed by atoms with Crippen LogP contribution in [0, 0.1) is 0 Å². The lowest BCUT2D eigenvalue weighted by Gasteiger charge is -2.22. The van der Waals surface area contributed by atoms with Crippen molar-refractivity contribution in [3.8, 4) is 0 Å². The number of rotatable bonds is 6. The zero-order valence-electron chi connectivity index (χ0n) is 17.9. The summed E-state index contributed by atoms with van der Waals surface area (Å²) in [5, 5.41) is 3.15. The minimum absolute atomic E-state index is 0.0523. The van der Waals surface area contributed by atoms with Gasteiger partial charge in [-0.2, -0.15) is 0 Å². The summed E-state index contributed by atoms with van der Waals surface area (Å²) < 4.78 is 5.06. The monoisotopic (exact) mass is 496 g/mol. The number of ether oxygens (including phenoxy) is 1. The first-order valence-corrected chi connectivity index (χ1v) is 11.0. The molecule has 0 saturated carbocycles. The van der Waals surface area contributed by atoms with E-state index in [1.54, 1.807) is 13.0 Å². The molecule has 0 spiro atoms. The number of imide groups is 1. The topological polar surface area (TPSA) is 92.8 Å². The number of nitrogens with zero attached hydrogens (tertiary/aromatic N) is 1. The Hall–Kier alpha value is -3.68. The first-order valence-electron chi connectivity index (χ1n) is 10.2. The number of halogens is 2. The van der Waals surface area contributed by atoms with Crippen LogP contribution in [0.4, 0.5) is 5.69 Å². The van der Waals surface area contributed by atoms with Gasteiger partial charge in [-0.1, -0.05) is 53.5 Å². The molecular weight excluding hydrogens is 479 g/mol. The van der Waals surface area contributed by atoms with Gasteiger partial charge in [-0.25, -0.2) is 4.79 Å². The van der Waals surface area contributed by atoms with Crippen LogP contribution in [0.15, 0.2) is 66.7 Å². The summed E-state index contributed by atoms with van der Waals surface area (Å²) in [7, 11) is 0. The van der Waals surface area contributed by atoms with E-state index in [1.807, 2.05) is 30.3 Å². The highest BCUT2D eigenvalue weighted by molar-refractivity contribution is 6.42. The van der Waals surface area contributed by atoms with E-state index in [4.69, 9.17) is 27.9 Å². The molecule has 0 aromatic heterocycles. The molecule has 4 rings (SSSR count). The number of carbonyl (C=O) groups is 4. The van der Waals surface area contributed by atoms with Crippen molar-refractivity contribution in [2.24, 2.45) is 0 Å². The quantitative estimate of drug-likeness (QED) is 0.376. The predicted molar refractivity (Wildman–Crippen MR) is 127 cm³/mol. The molecule has 3 aromatic carbocycles. The van der Waals surface area contributed by atoms with E-state index < -0.39 is 36.3 Å². The van der Waals surface area contributed by atoms with Crippen LogP contribution in [0.2, 0.25) is 10.0 Å². The largest absolute Gasteiger partial charge is 0.452 e. The molecule has 1 N–H and O–H groups in total. The number of esters is 1. The van der Waals surface area contributed by atoms with Gasteiger partial charge in [0, 0.05) is 5.69 Å². The SMILES string of the molecule is C[C@@H](c1ccccc1)N1C(=O)c2ccc(C(=O)OCC(=O)Nc3ccc(Cl)c(Cl)c3)cc2C1=O. The normalized spacial score (nSPS) is 13.4. The second-order valence-corrected chi connectivity index (χ2v) is 8.39. The smallest absolute Gasteiger partial charge is 0.338 e. The summed E-state index contributed by atoms with van der Waals surface area (Å²) in [5.74, 6) is -2.32. The zero-order valence-corrected chi connectivity index (χ0v) is 19.4. The molecule has 0 fully saturated rings. The summed E-state index contributed by atoms with van der Waals surface area (Å²) in [4.78, 5) is 51.6. The first kappa shape index (κ1) is 23.5. The van der Waals surface area contributed by atoms with E-state index >= 15 is 0 Å². The van der Waals surface area contributed by atoms with Gasteiger partial charge in [0.25, 0.3) is 17.7 Å². The third-order valence-corrected chi connectivity index (χ3v) is 6.10. The van der Waals surface area contributed by atoms with E-state index in [-0.39, 0.29) is 21.7 Å². The Bertz CT molecular complexity index is 1310. The number of fused-ring (bicyclic) bond motifs is 1. The fraction of sp³-hybridized carbons (Fsp3) is 0.120. The molecule has 1 atom stereocenters. The van der Waals surface area contributed by atoms with Gasteiger partial charge in [-0.05, 0) is 48.9 Å². The molecule has 7 nitrogen and oxygen atoms in total. The zero-order chi connectivity index (χ0) is 24.4. The first-order chi connectivity index (χ1) is 16.3. The van der Waals surface area contributed by atoms with Crippen LogP contribution >= 0.6 is 23.2 Å². The molecule has 3 aromatic rings. The molecule has 3 amide bonds. The second-order valence-electron chi connectivity index (χ2n) is 7.58. The van der Waals surface area contributed by atoms with Crippen molar-refractivity contribution in [1.82, 2.24) is 4.90 Å². The van der Waals surface area contributed by atoms with Gasteiger partial charge in [0.05, 0.1) is 32.8 Å². The number of nitrogens with one attached hydrogen (secondary N) is 1.